The van der Waals surface area contributed by atoms with Crippen molar-refractivity contribution in [2.75, 3.05) is 19.5 Å². The number of carbonyl (C=O) groups excluding carboxylic acids is 1. The van der Waals surface area contributed by atoms with E-state index >= 15 is 0 Å². The number of hydrogen-bond acceptors (Lipinski definition) is 5. The predicted octanol–water partition coefficient (Wildman–Crippen LogP) is 4.63. The van der Waals surface area contributed by atoms with Crippen molar-refractivity contribution in [3.05, 3.63) is 88.2 Å². The van der Waals surface area contributed by atoms with Crippen molar-refractivity contribution in [1.29, 1.82) is 0 Å². The van der Waals surface area contributed by atoms with Crippen LogP contribution in [0.4, 0.5) is 5.69 Å². The lowest BCUT2D eigenvalue weighted by Gasteiger charge is -2.11. The number of imidazole rings is 1. The molecule has 8 nitrogen and oxygen atoms in total. The number of anilines is 1. The minimum atomic E-state index is -0.300. The summed E-state index contributed by atoms with van der Waals surface area (Å²) < 4.78 is 13.8. The van der Waals surface area contributed by atoms with Crippen LogP contribution in [-0.2, 0) is 11.3 Å². The summed E-state index contributed by atoms with van der Waals surface area (Å²) in [6.45, 7) is -0.0675. The molecule has 0 radical (unpaired) electrons. The first-order valence-electron chi connectivity index (χ1n) is 10.8. The van der Waals surface area contributed by atoms with Crippen LogP contribution in [0.1, 0.15) is 0 Å². The highest BCUT2D eigenvalue weighted by Gasteiger charge is 2.17. The molecule has 2 aromatic heterocycles. The lowest BCUT2D eigenvalue weighted by Crippen LogP contribution is -2.20. The molecule has 2 heterocycles. The van der Waals surface area contributed by atoms with E-state index in [4.69, 9.17) is 26.1 Å². The van der Waals surface area contributed by atoms with Gasteiger partial charge in [0.15, 0.2) is 0 Å². The Kier molecular flexibility index (Phi) is 5.88. The second-order valence-electron chi connectivity index (χ2n) is 7.85. The third-order valence-electron chi connectivity index (χ3n) is 5.61. The molecule has 5 aromatic rings. The second-order valence-corrected chi connectivity index (χ2v) is 8.29. The molecular formula is C26H21ClN4O4. The number of aromatic nitrogens is 3. The number of methoxy groups -OCH3 is 2. The first kappa shape index (κ1) is 22.5. The number of benzene rings is 3. The number of rotatable bonds is 6. The zero-order chi connectivity index (χ0) is 24.5. The number of nitrogens with one attached hydrogen (secondary N) is 1. The third-order valence-corrected chi connectivity index (χ3v) is 5.85. The molecule has 3 aromatic carbocycles. The van der Waals surface area contributed by atoms with E-state index < -0.39 is 0 Å². The Bertz CT molecular complexity index is 1620. The Hall–Kier alpha value is -4.30. The SMILES string of the molecule is COc1cc(NC(=O)Cn2c3ccccc3n3c(=O)cc(-c4cccc(Cl)c4)nc23)cc(OC)c1. The van der Waals surface area contributed by atoms with Crippen LogP contribution in [0.2, 0.25) is 5.02 Å². The highest BCUT2D eigenvalue weighted by Crippen LogP contribution is 2.27. The van der Waals surface area contributed by atoms with Crippen molar-refractivity contribution in [3.8, 4) is 22.8 Å². The minimum Gasteiger partial charge on any atom is -0.497 e. The third kappa shape index (κ3) is 4.31. The van der Waals surface area contributed by atoms with Gasteiger partial charge in [0.2, 0.25) is 11.7 Å². The van der Waals surface area contributed by atoms with Gasteiger partial charge in [0.25, 0.3) is 5.56 Å². The largest absolute Gasteiger partial charge is 0.497 e. The number of amides is 1. The van der Waals surface area contributed by atoms with Crippen LogP contribution >= 0.6 is 11.6 Å². The van der Waals surface area contributed by atoms with Gasteiger partial charge in [-0.25, -0.2) is 9.38 Å². The fraction of sp³-hybridized carbons (Fsp3) is 0.115. The average Bonchev–Trinajstić information content (AvgIpc) is 3.17. The maximum atomic E-state index is 13.2. The summed E-state index contributed by atoms with van der Waals surface area (Å²) in [6, 6.07) is 21.1. The van der Waals surface area contributed by atoms with Crippen LogP contribution in [0.3, 0.4) is 0 Å². The van der Waals surface area contributed by atoms with E-state index in [1.54, 1.807) is 55.2 Å². The van der Waals surface area contributed by atoms with Crippen LogP contribution in [0.15, 0.2) is 77.6 Å². The zero-order valence-electron chi connectivity index (χ0n) is 19.0. The van der Waals surface area contributed by atoms with Gasteiger partial charge in [-0.3, -0.25) is 9.59 Å². The number of ether oxygens (including phenoxy) is 2. The summed E-state index contributed by atoms with van der Waals surface area (Å²) in [5, 5.41) is 3.41. The lowest BCUT2D eigenvalue weighted by atomic mass is 10.1. The molecule has 0 atom stereocenters. The Labute approximate surface area is 205 Å². The van der Waals surface area contributed by atoms with E-state index in [2.05, 4.69) is 5.32 Å². The highest BCUT2D eigenvalue weighted by molar-refractivity contribution is 6.30. The smallest absolute Gasteiger partial charge is 0.260 e. The molecule has 1 amide bonds. The summed E-state index contributed by atoms with van der Waals surface area (Å²) >= 11 is 6.15. The molecule has 0 aliphatic rings. The predicted molar refractivity (Wildman–Crippen MR) is 136 cm³/mol. The summed E-state index contributed by atoms with van der Waals surface area (Å²) in [5.41, 5.74) is 2.82. The summed E-state index contributed by atoms with van der Waals surface area (Å²) in [5.74, 6) is 1.16. The van der Waals surface area contributed by atoms with Crippen molar-refractivity contribution in [2.24, 2.45) is 0 Å². The molecule has 0 bridgehead atoms. The van der Waals surface area contributed by atoms with Crippen LogP contribution in [-0.4, -0.2) is 34.1 Å². The molecule has 0 unspecified atom stereocenters. The highest BCUT2D eigenvalue weighted by atomic mass is 35.5. The number of para-hydroxylation sites is 2. The second kappa shape index (κ2) is 9.15. The van der Waals surface area contributed by atoms with E-state index in [9.17, 15) is 9.59 Å². The molecule has 9 heteroatoms. The molecule has 0 saturated carbocycles. The van der Waals surface area contributed by atoms with Crippen molar-refractivity contribution < 1.29 is 14.3 Å². The Balaban J connectivity index is 1.60. The van der Waals surface area contributed by atoms with Crippen molar-refractivity contribution in [3.63, 3.8) is 0 Å². The molecule has 0 aliphatic carbocycles. The lowest BCUT2D eigenvalue weighted by molar-refractivity contribution is -0.116. The molecule has 35 heavy (non-hydrogen) atoms. The number of hydrogen-bond donors (Lipinski definition) is 1. The van der Waals surface area contributed by atoms with Gasteiger partial charge in [-0.15, -0.1) is 0 Å². The quantitative estimate of drug-likeness (QED) is 0.376. The normalized spacial score (nSPS) is 11.1. The van der Waals surface area contributed by atoms with Gasteiger partial charge in [-0.2, -0.15) is 0 Å². The molecule has 0 saturated heterocycles. The maximum absolute atomic E-state index is 13.2. The Morgan fingerprint density at radius 2 is 1.66 bits per heavy atom. The first-order valence-corrected chi connectivity index (χ1v) is 11.1. The Morgan fingerprint density at radius 3 is 2.34 bits per heavy atom. The van der Waals surface area contributed by atoms with E-state index in [0.717, 1.165) is 0 Å². The topological polar surface area (TPSA) is 86.9 Å². The maximum Gasteiger partial charge on any atom is 0.260 e. The zero-order valence-corrected chi connectivity index (χ0v) is 19.7. The molecular weight excluding hydrogens is 468 g/mol. The van der Waals surface area contributed by atoms with Gasteiger partial charge in [-0.05, 0) is 24.3 Å². The number of fused-ring (bicyclic) bond motifs is 3. The molecule has 176 valence electrons. The number of nitrogens with zero attached hydrogens (tertiary/aromatic N) is 3. The number of halogens is 1. The first-order chi connectivity index (χ1) is 17.0. The van der Waals surface area contributed by atoms with E-state index in [0.29, 0.717) is 50.3 Å². The van der Waals surface area contributed by atoms with Crippen LogP contribution in [0.5, 0.6) is 11.5 Å². The van der Waals surface area contributed by atoms with Crippen molar-refractivity contribution >= 4 is 40.0 Å². The number of carbonyl (C=O) groups is 1. The molecule has 5 rings (SSSR count). The Morgan fingerprint density at radius 1 is 0.943 bits per heavy atom. The van der Waals surface area contributed by atoms with E-state index in [1.165, 1.54) is 10.5 Å². The standard InChI is InChI=1S/C26H21ClN4O4/c1-34-19-11-18(12-20(13-19)35-2)28-24(32)15-30-22-8-3-4-9-23(22)31-25(33)14-21(29-26(30)31)16-6-5-7-17(27)10-16/h3-14H,15H2,1-2H3,(H,28,32). The summed E-state index contributed by atoms with van der Waals surface area (Å²) in [6.07, 6.45) is 0. The minimum absolute atomic E-state index is 0.0675. The van der Waals surface area contributed by atoms with Crippen molar-refractivity contribution in [1.82, 2.24) is 14.0 Å². The van der Waals surface area contributed by atoms with E-state index in [1.807, 2.05) is 30.3 Å². The van der Waals surface area contributed by atoms with E-state index in [-0.39, 0.29) is 18.0 Å². The van der Waals surface area contributed by atoms with Crippen LogP contribution in [0.25, 0.3) is 28.1 Å². The molecule has 0 spiro atoms. The van der Waals surface area contributed by atoms with Crippen molar-refractivity contribution in [2.45, 2.75) is 6.54 Å². The van der Waals surface area contributed by atoms with Gasteiger partial charge < -0.3 is 19.4 Å². The molecule has 1 N–H and O–H groups in total. The van der Waals surface area contributed by atoms with Gasteiger partial charge in [0.05, 0.1) is 30.9 Å². The van der Waals surface area contributed by atoms with Gasteiger partial charge in [-0.1, -0.05) is 35.9 Å². The average molecular weight is 489 g/mol. The van der Waals surface area contributed by atoms with Gasteiger partial charge in [0.1, 0.15) is 18.0 Å². The summed E-state index contributed by atoms with van der Waals surface area (Å²) in [7, 11) is 3.08. The fourth-order valence-electron chi connectivity index (χ4n) is 4.04. The fourth-order valence-corrected chi connectivity index (χ4v) is 4.23. The van der Waals surface area contributed by atoms with Crippen LogP contribution < -0.4 is 20.3 Å². The monoisotopic (exact) mass is 488 g/mol. The molecule has 0 fully saturated rings. The van der Waals surface area contributed by atoms with Gasteiger partial charge >= 0.3 is 0 Å². The summed E-state index contributed by atoms with van der Waals surface area (Å²) in [4.78, 5) is 31.0. The van der Waals surface area contributed by atoms with Crippen LogP contribution in [0, 0.1) is 0 Å². The van der Waals surface area contributed by atoms with Gasteiger partial charge in [0, 0.05) is 40.5 Å². The molecule has 0 aliphatic heterocycles.